The molecule has 1 unspecified atom stereocenters. The largest absolute Gasteiger partial charge is 0.393 e. The van der Waals surface area contributed by atoms with Gasteiger partial charge in [0.25, 0.3) is 0 Å². The van der Waals surface area contributed by atoms with Gasteiger partial charge in [-0.2, -0.15) is 0 Å². The minimum Gasteiger partial charge on any atom is -0.393 e. The number of allylic oxidation sites excluding steroid dienone is 3. The van der Waals surface area contributed by atoms with Crippen molar-refractivity contribution < 1.29 is 9.90 Å². The highest BCUT2D eigenvalue weighted by atomic mass is 16.3. The standard InChI is InChI=1S/C10H14O2/c1-8(11)2-3-9-4-6-10(12)7-5-9/h2-4,10,12H,5-7H2,1H3. The molecule has 0 amide bonds. The van der Waals surface area contributed by atoms with Crippen LogP contribution in [0.4, 0.5) is 0 Å². The van der Waals surface area contributed by atoms with Crippen LogP contribution < -0.4 is 0 Å². The number of aliphatic hydroxyl groups excluding tert-OH is 1. The third-order valence-electron chi connectivity index (χ3n) is 1.95. The Morgan fingerprint density at radius 1 is 1.75 bits per heavy atom. The Morgan fingerprint density at radius 3 is 3.00 bits per heavy atom. The Morgan fingerprint density at radius 2 is 2.50 bits per heavy atom. The van der Waals surface area contributed by atoms with E-state index >= 15 is 0 Å². The molecule has 0 aromatic rings. The van der Waals surface area contributed by atoms with Crippen LogP contribution in [0, 0.1) is 0 Å². The molecule has 0 heterocycles. The summed E-state index contributed by atoms with van der Waals surface area (Å²) in [5.41, 5.74) is 1.16. The molecule has 0 fully saturated rings. The minimum atomic E-state index is -0.181. The van der Waals surface area contributed by atoms with Crippen molar-refractivity contribution in [3.8, 4) is 0 Å². The van der Waals surface area contributed by atoms with E-state index in [2.05, 4.69) is 0 Å². The van der Waals surface area contributed by atoms with E-state index in [-0.39, 0.29) is 11.9 Å². The van der Waals surface area contributed by atoms with Crippen LogP contribution in [0.15, 0.2) is 23.8 Å². The predicted octanol–water partition coefficient (Wildman–Crippen LogP) is 1.60. The molecule has 0 aromatic heterocycles. The van der Waals surface area contributed by atoms with Crippen LogP contribution >= 0.6 is 0 Å². The van der Waals surface area contributed by atoms with Crippen molar-refractivity contribution in [2.75, 3.05) is 0 Å². The molecule has 1 atom stereocenters. The quantitative estimate of drug-likeness (QED) is 0.633. The molecule has 1 aliphatic carbocycles. The van der Waals surface area contributed by atoms with Gasteiger partial charge in [-0.25, -0.2) is 0 Å². The van der Waals surface area contributed by atoms with Gasteiger partial charge in [0, 0.05) is 0 Å². The van der Waals surface area contributed by atoms with Crippen molar-refractivity contribution in [3.05, 3.63) is 23.8 Å². The SMILES string of the molecule is CC(=O)C=CC1=CCC(O)CC1. The summed E-state index contributed by atoms with van der Waals surface area (Å²) in [6.07, 6.45) is 7.64. The predicted molar refractivity (Wildman–Crippen MR) is 47.8 cm³/mol. The van der Waals surface area contributed by atoms with Gasteiger partial charge in [0.05, 0.1) is 6.10 Å². The molecule has 0 radical (unpaired) electrons. The van der Waals surface area contributed by atoms with E-state index in [1.807, 2.05) is 12.2 Å². The summed E-state index contributed by atoms with van der Waals surface area (Å²) in [6, 6.07) is 0. The lowest BCUT2D eigenvalue weighted by Crippen LogP contribution is -2.09. The summed E-state index contributed by atoms with van der Waals surface area (Å²) in [5, 5.41) is 9.17. The van der Waals surface area contributed by atoms with Crippen molar-refractivity contribution in [3.63, 3.8) is 0 Å². The lowest BCUT2D eigenvalue weighted by Gasteiger charge is -2.14. The highest BCUT2D eigenvalue weighted by Gasteiger charge is 2.08. The summed E-state index contributed by atoms with van der Waals surface area (Å²) in [6.45, 7) is 1.54. The van der Waals surface area contributed by atoms with Crippen molar-refractivity contribution in [1.82, 2.24) is 0 Å². The molecule has 66 valence electrons. The number of rotatable bonds is 2. The first-order chi connectivity index (χ1) is 5.68. The van der Waals surface area contributed by atoms with Crippen LogP contribution in [-0.2, 0) is 4.79 Å². The molecule has 1 aliphatic rings. The summed E-state index contributed by atoms with van der Waals surface area (Å²) in [5.74, 6) is 0.0713. The molecule has 0 bridgehead atoms. The fourth-order valence-corrected chi connectivity index (χ4v) is 1.22. The number of hydrogen-bond acceptors (Lipinski definition) is 2. The van der Waals surface area contributed by atoms with Crippen molar-refractivity contribution in [2.24, 2.45) is 0 Å². The zero-order valence-corrected chi connectivity index (χ0v) is 7.29. The van der Waals surface area contributed by atoms with Crippen LogP contribution in [0.5, 0.6) is 0 Å². The molecule has 0 saturated carbocycles. The van der Waals surface area contributed by atoms with E-state index in [4.69, 9.17) is 5.11 Å². The van der Waals surface area contributed by atoms with Gasteiger partial charge in [-0.3, -0.25) is 4.79 Å². The molecule has 0 aromatic carbocycles. The fourth-order valence-electron chi connectivity index (χ4n) is 1.22. The molecular formula is C10H14O2. The van der Waals surface area contributed by atoms with E-state index in [0.717, 1.165) is 24.8 Å². The van der Waals surface area contributed by atoms with Crippen LogP contribution in [0.2, 0.25) is 0 Å². The molecular weight excluding hydrogens is 152 g/mol. The molecule has 0 aliphatic heterocycles. The first-order valence-electron chi connectivity index (χ1n) is 4.24. The zero-order chi connectivity index (χ0) is 8.97. The van der Waals surface area contributed by atoms with Gasteiger partial charge in [0.1, 0.15) is 0 Å². The molecule has 1 N–H and O–H groups in total. The van der Waals surface area contributed by atoms with Gasteiger partial charge in [-0.05, 0) is 32.3 Å². The zero-order valence-electron chi connectivity index (χ0n) is 7.29. The number of carbonyl (C=O) groups excluding carboxylic acids is 1. The van der Waals surface area contributed by atoms with Crippen LogP contribution in [0.1, 0.15) is 26.2 Å². The molecule has 12 heavy (non-hydrogen) atoms. The Balaban J connectivity index is 2.49. The maximum Gasteiger partial charge on any atom is 0.152 e. The average Bonchev–Trinajstić information content (AvgIpc) is 2.03. The van der Waals surface area contributed by atoms with E-state index in [9.17, 15) is 4.79 Å². The Hall–Kier alpha value is -0.890. The maximum absolute atomic E-state index is 10.6. The van der Waals surface area contributed by atoms with Gasteiger partial charge in [0.15, 0.2) is 5.78 Å². The van der Waals surface area contributed by atoms with Gasteiger partial charge in [-0.1, -0.05) is 17.7 Å². The van der Waals surface area contributed by atoms with Gasteiger partial charge in [0.2, 0.25) is 0 Å². The smallest absolute Gasteiger partial charge is 0.152 e. The van der Waals surface area contributed by atoms with Crippen molar-refractivity contribution >= 4 is 5.78 Å². The minimum absolute atomic E-state index is 0.0713. The van der Waals surface area contributed by atoms with Gasteiger partial charge in [-0.15, -0.1) is 0 Å². The van der Waals surface area contributed by atoms with E-state index in [1.165, 1.54) is 6.92 Å². The third kappa shape index (κ3) is 3.01. The lowest BCUT2D eigenvalue weighted by molar-refractivity contribution is -0.112. The normalized spacial score (nSPS) is 24.2. The van der Waals surface area contributed by atoms with Crippen molar-refractivity contribution in [1.29, 1.82) is 0 Å². The first kappa shape index (κ1) is 9.20. The summed E-state index contributed by atoms with van der Waals surface area (Å²) in [4.78, 5) is 10.6. The van der Waals surface area contributed by atoms with E-state index < -0.39 is 0 Å². The lowest BCUT2D eigenvalue weighted by atomic mass is 9.97. The first-order valence-corrected chi connectivity index (χ1v) is 4.24. The highest BCUT2D eigenvalue weighted by Crippen LogP contribution is 2.18. The van der Waals surface area contributed by atoms with E-state index in [1.54, 1.807) is 6.08 Å². The van der Waals surface area contributed by atoms with Crippen LogP contribution in [-0.4, -0.2) is 17.0 Å². The monoisotopic (exact) mass is 166 g/mol. The second-order valence-electron chi connectivity index (χ2n) is 3.15. The molecule has 0 spiro atoms. The second kappa shape index (κ2) is 4.21. The van der Waals surface area contributed by atoms with Gasteiger partial charge < -0.3 is 5.11 Å². The summed E-state index contributed by atoms with van der Waals surface area (Å²) >= 11 is 0. The summed E-state index contributed by atoms with van der Waals surface area (Å²) < 4.78 is 0. The number of carbonyl (C=O) groups is 1. The molecule has 2 heteroatoms. The van der Waals surface area contributed by atoms with Gasteiger partial charge >= 0.3 is 0 Å². The molecule has 2 nitrogen and oxygen atoms in total. The summed E-state index contributed by atoms with van der Waals surface area (Å²) in [7, 11) is 0. The highest BCUT2D eigenvalue weighted by molar-refractivity contribution is 5.87. The third-order valence-corrected chi connectivity index (χ3v) is 1.95. The number of hydrogen-bond donors (Lipinski definition) is 1. The van der Waals surface area contributed by atoms with Crippen LogP contribution in [0.3, 0.4) is 0 Å². The topological polar surface area (TPSA) is 37.3 Å². The molecule has 0 saturated heterocycles. The number of ketones is 1. The Labute approximate surface area is 72.6 Å². The number of aliphatic hydroxyl groups is 1. The van der Waals surface area contributed by atoms with Crippen LogP contribution in [0.25, 0.3) is 0 Å². The van der Waals surface area contributed by atoms with Crippen molar-refractivity contribution in [2.45, 2.75) is 32.3 Å². The molecule has 1 rings (SSSR count). The van der Waals surface area contributed by atoms with E-state index in [0.29, 0.717) is 0 Å². The fraction of sp³-hybridized carbons (Fsp3) is 0.500. The maximum atomic E-state index is 10.6. The average molecular weight is 166 g/mol. The Bertz CT molecular complexity index is 226. The second-order valence-corrected chi connectivity index (χ2v) is 3.15. The Kier molecular flexibility index (Phi) is 3.23.